The van der Waals surface area contributed by atoms with E-state index in [1.165, 1.54) is 6.33 Å². The van der Waals surface area contributed by atoms with Crippen molar-refractivity contribution in [2.45, 2.75) is 19.8 Å². The van der Waals surface area contributed by atoms with Gasteiger partial charge in [0.25, 0.3) is 0 Å². The van der Waals surface area contributed by atoms with Crippen molar-refractivity contribution < 1.29 is 4.74 Å². The number of nitrogens with one attached hydrogen (secondary N) is 1. The summed E-state index contributed by atoms with van der Waals surface area (Å²) in [6.45, 7) is 3.47. The number of rotatable bonds is 6. The van der Waals surface area contributed by atoms with E-state index in [4.69, 9.17) is 11.2 Å². The van der Waals surface area contributed by atoms with Gasteiger partial charge in [0, 0.05) is 19.0 Å². The van der Waals surface area contributed by atoms with Gasteiger partial charge in [0.1, 0.15) is 18.8 Å². The van der Waals surface area contributed by atoms with E-state index in [9.17, 15) is 0 Å². The first kappa shape index (κ1) is 11.3. The quantitative estimate of drug-likeness (QED) is 0.567. The van der Waals surface area contributed by atoms with Crippen molar-refractivity contribution in [2.75, 3.05) is 18.5 Å². The molecule has 0 aliphatic carbocycles. The van der Waals surface area contributed by atoms with Crippen LogP contribution in [0.4, 0.5) is 5.82 Å². The first-order chi connectivity index (χ1) is 7.36. The van der Waals surface area contributed by atoms with Gasteiger partial charge in [0.2, 0.25) is 5.88 Å². The van der Waals surface area contributed by atoms with E-state index in [1.807, 2.05) is 0 Å². The van der Waals surface area contributed by atoms with Crippen molar-refractivity contribution in [1.29, 1.82) is 0 Å². The fraction of sp³-hybridized carbons (Fsp3) is 0.455. The summed E-state index contributed by atoms with van der Waals surface area (Å²) in [4.78, 5) is 8.04. The lowest BCUT2D eigenvalue weighted by molar-refractivity contribution is 0.314. The molecule has 1 N–H and O–H groups in total. The van der Waals surface area contributed by atoms with Gasteiger partial charge in [-0.15, -0.1) is 12.3 Å². The molecule has 0 saturated heterocycles. The van der Waals surface area contributed by atoms with Crippen molar-refractivity contribution >= 4 is 5.82 Å². The molecule has 1 rings (SSSR count). The van der Waals surface area contributed by atoms with Gasteiger partial charge in [0.05, 0.1) is 0 Å². The lowest BCUT2D eigenvalue weighted by atomic mass is 10.4. The molecular formula is C11H15N3O. The van der Waals surface area contributed by atoms with Gasteiger partial charge >= 0.3 is 0 Å². The molecule has 1 heterocycles. The molecule has 0 aliphatic heterocycles. The summed E-state index contributed by atoms with van der Waals surface area (Å²) in [6.07, 6.45) is 8.23. The minimum absolute atomic E-state index is 0.487. The highest BCUT2D eigenvalue weighted by molar-refractivity contribution is 5.36. The highest BCUT2D eigenvalue weighted by atomic mass is 16.5. The van der Waals surface area contributed by atoms with Crippen molar-refractivity contribution in [3.63, 3.8) is 0 Å². The van der Waals surface area contributed by atoms with E-state index in [2.05, 4.69) is 28.1 Å². The smallest absolute Gasteiger partial charge is 0.218 e. The van der Waals surface area contributed by atoms with Crippen molar-refractivity contribution in [3.8, 4) is 18.2 Å². The number of ether oxygens (including phenoxy) is 1. The van der Waals surface area contributed by atoms with Crippen LogP contribution in [0.2, 0.25) is 0 Å². The second-order valence-electron chi connectivity index (χ2n) is 2.97. The average Bonchev–Trinajstić information content (AvgIpc) is 2.27. The Morgan fingerprint density at radius 2 is 2.40 bits per heavy atom. The second-order valence-corrected chi connectivity index (χ2v) is 2.97. The zero-order valence-corrected chi connectivity index (χ0v) is 8.86. The van der Waals surface area contributed by atoms with Gasteiger partial charge in [-0.1, -0.05) is 6.92 Å². The standard InChI is InChI=1S/C11H15N3O/c1-3-5-7-15-11-8-10(12-6-4-2)13-9-14-11/h1,8-9H,4-7H2,2H3,(H,12,13,14). The highest BCUT2D eigenvalue weighted by Gasteiger charge is 1.98. The van der Waals surface area contributed by atoms with Crippen LogP contribution in [0.15, 0.2) is 12.4 Å². The maximum atomic E-state index is 5.33. The number of hydrogen-bond acceptors (Lipinski definition) is 4. The Morgan fingerprint density at radius 1 is 1.53 bits per heavy atom. The van der Waals surface area contributed by atoms with Crippen molar-refractivity contribution in [2.24, 2.45) is 0 Å². The van der Waals surface area contributed by atoms with Crippen LogP contribution in [0.1, 0.15) is 19.8 Å². The highest BCUT2D eigenvalue weighted by Crippen LogP contribution is 2.10. The fourth-order valence-corrected chi connectivity index (χ4v) is 0.983. The molecule has 1 aromatic heterocycles. The number of aromatic nitrogens is 2. The lowest BCUT2D eigenvalue weighted by Crippen LogP contribution is -2.04. The summed E-state index contributed by atoms with van der Waals surface area (Å²) < 4.78 is 5.33. The SMILES string of the molecule is C#CCCOc1cc(NCCC)ncn1. The predicted octanol–water partition coefficient (Wildman–Crippen LogP) is 1.70. The maximum Gasteiger partial charge on any atom is 0.218 e. The Kier molecular flexibility index (Phi) is 5.02. The minimum Gasteiger partial charge on any atom is -0.477 e. The van der Waals surface area contributed by atoms with Crippen LogP contribution in [0, 0.1) is 12.3 Å². The molecule has 0 aliphatic rings. The largest absolute Gasteiger partial charge is 0.477 e. The number of hydrogen-bond donors (Lipinski definition) is 1. The zero-order chi connectivity index (χ0) is 10.9. The molecule has 4 heteroatoms. The Balaban J connectivity index is 2.47. The molecule has 80 valence electrons. The van der Waals surface area contributed by atoms with Crippen LogP contribution in [-0.4, -0.2) is 23.1 Å². The van der Waals surface area contributed by atoms with E-state index >= 15 is 0 Å². The third-order valence-electron chi connectivity index (χ3n) is 1.69. The van der Waals surface area contributed by atoms with E-state index in [0.717, 1.165) is 18.8 Å². The van der Waals surface area contributed by atoms with Crippen LogP contribution in [0.5, 0.6) is 5.88 Å². The zero-order valence-electron chi connectivity index (χ0n) is 8.86. The Bertz CT molecular complexity index is 333. The molecular weight excluding hydrogens is 190 g/mol. The molecule has 0 spiro atoms. The number of anilines is 1. The van der Waals surface area contributed by atoms with E-state index in [0.29, 0.717) is 18.9 Å². The molecule has 0 radical (unpaired) electrons. The monoisotopic (exact) mass is 205 g/mol. The lowest BCUT2D eigenvalue weighted by Gasteiger charge is -2.06. The molecule has 15 heavy (non-hydrogen) atoms. The minimum atomic E-state index is 0.487. The first-order valence-electron chi connectivity index (χ1n) is 4.99. The van der Waals surface area contributed by atoms with E-state index < -0.39 is 0 Å². The Labute approximate surface area is 90.1 Å². The molecule has 0 saturated carbocycles. The number of nitrogens with zero attached hydrogens (tertiary/aromatic N) is 2. The summed E-state index contributed by atoms with van der Waals surface area (Å²) in [5, 5.41) is 3.15. The third kappa shape index (κ3) is 4.32. The fourth-order valence-electron chi connectivity index (χ4n) is 0.983. The Hall–Kier alpha value is -1.76. The van der Waals surface area contributed by atoms with Crippen molar-refractivity contribution in [1.82, 2.24) is 9.97 Å². The van der Waals surface area contributed by atoms with Crippen molar-refractivity contribution in [3.05, 3.63) is 12.4 Å². The van der Waals surface area contributed by atoms with Crippen LogP contribution in [0.3, 0.4) is 0 Å². The van der Waals surface area contributed by atoms with Crippen LogP contribution >= 0.6 is 0 Å². The summed E-state index contributed by atoms with van der Waals surface area (Å²) in [6, 6.07) is 1.77. The van der Waals surface area contributed by atoms with Gasteiger partial charge in [-0.25, -0.2) is 9.97 Å². The van der Waals surface area contributed by atoms with E-state index in [-0.39, 0.29) is 0 Å². The van der Waals surface area contributed by atoms with Crippen LogP contribution in [0.25, 0.3) is 0 Å². The van der Waals surface area contributed by atoms with Gasteiger partial charge in [0.15, 0.2) is 0 Å². The molecule has 4 nitrogen and oxygen atoms in total. The summed E-state index contributed by atoms with van der Waals surface area (Å²) in [5.74, 6) is 3.84. The van der Waals surface area contributed by atoms with Gasteiger partial charge in [-0.3, -0.25) is 0 Å². The summed E-state index contributed by atoms with van der Waals surface area (Å²) in [7, 11) is 0. The van der Waals surface area contributed by atoms with Gasteiger partial charge in [-0.2, -0.15) is 0 Å². The maximum absolute atomic E-state index is 5.33. The van der Waals surface area contributed by atoms with Gasteiger partial charge < -0.3 is 10.1 Å². The Morgan fingerprint density at radius 3 is 3.13 bits per heavy atom. The molecule has 0 unspecified atom stereocenters. The van der Waals surface area contributed by atoms with Gasteiger partial charge in [-0.05, 0) is 6.42 Å². The number of terminal acetylenes is 1. The topological polar surface area (TPSA) is 47.0 Å². The predicted molar refractivity (Wildman–Crippen MR) is 59.8 cm³/mol. The third-order valence-corrected chi connectivity index (χ3v) is 1.69. The van der Waals surface area contributed by atoms with Crippen LogP contribution in [-0.2, 0) is 0 Å². The second kappa shape index (κ2) is 6.66. The molecule has 0 amide bonds. The molecule has 0 fully saturated rings. The molecule has 1 aromatic rings. The molecule has 0 bridgehead atoms. The average molecular weight is 205 g/mol. The normalized spacial score (nSPS) is 9.33. The summed E-state index contributed by atoms with van der Waals surface area (Å²) in [5.41, 5.74) is 0. The first-order valence-corrected chi connectivity index (χ1v) is 4.99. The van der Waals surface area contributed by atoms with E-state index in [1.54, 1.807) is 6.07 Å². The van der Waals surface area contributed by atoms with Crippen LogP contribution < -0.4 is 10.1 Å². The molecule has 0 atom stereocenters. The molecule has 0 aromatic carbocycles. The summed E-state index contributed by atoms with van der Waals surface area (Å²) >= 11 is 0.